The van der Waals surface area contributed by atoms with Crippen LogP contribution in [-0.2, 0) is 28.8 Å². The highest BCUT2D eigenvalue weighted by Crippen LogP contribution is 1.92. The molecule has 0 rings (SSSR count). The van der Waals surface area contributed by atoms with Crippen LogP contribution < -0.4 is 32.7 Å². The molecule has 0 aliphatic carbocycles. The molecule has 0 aromatic rings. The van der Waals surface area contributed by atoms with Crippen LogP contribution in [0.4, 0.5) is 0 Å². The van der Waals surface area contributed by atoms with Crippen molar-refractivity contribution in [3.63, 3.8) is 0 Å². The SMILES string of the molecule is NCC(=O)NCC(=O)N[C@@H](CC(N)=O)C(=O)NCC(=O)NCC(=O)O. The van der Waals surface area contributed by atoms with Gasteiger partial charge in [-0.25, -0.2) is 0 Å². The van der Waals surface area contributed by atoms with Crippen molar-refractivity contribution in [1.82, 2.24) is 21.3 Å². The van der Waals surface area contributed by atoms with Crippen LogP contribution >= 0.6 is 0 Å². The van der Waals surface area contributed by atoms with E-state index in [0.717, 1.165) is 0 Å². The van der Waals surface area contributed by atoms with E-state index in [-0.39, 0.29) is 6.54 Å². The van der Waals surface area contributed by atoms with Crippen molar-refractivity contribution in [2.24, 2.45) is 11.5 Å². The summed E-state index contributed by atoms with van der Waals surface area (Å²) in [6, 6.07) is -1.37. The minimum atomic E-state index is -1.37. The van der Waals surface area contributed by atoms with E-state index < -0.39 is 67.6 Å². The molecule has 0 spiro atoms. The monoisotopic (exact) mass is 360 g/mol. The number of nitrogens with one attached hydrogen (secondary N) is 4. The molecule has 0 aromatic heterocycles. The van der Waals surface area contributed by atoms with Crippen LogP contribution in [0.5, 0.6) is 0 Å². The van der Waals surface area contributed by atoms with Gasteiger partial charge in [0.05, 0.1) is 26.1 Å². The Morgan fingerprint density at radius 2 is 1.40 bits per heavy atom. The number of carbonyl (C=O) groups excluding carboxylic acids is 5. The predicted octanol–water partition coefficient (Wildman–Crippen LogP) is -5.26. The topological polar surface area (TPSA) is 223 Å². The van der Waals surface area contributed by atoms with Gasteiger partial charge in [0.15, 0.2) is 0 Å². The minimum absolute atomic E-state index is 0.329. The highest BCUT2D eigenvalue weighted by Gasteiger charge is 2.23. The summed E-state index contributed by atoms with van der Waals surface area (Å²) in [5.74, 6) is -5.20. The molecule has 0 radical (unpaired) electrons. The second-order valence-corrected chi connectivity index (χ2v) is 4.66. The zero-order chi connectivity index (χ0) is 19.4. The zero-order valence-electron chi connectivity index (χ0n) is 13.2. The molecule has 5 amide bonds. The predicted molar refractivity (Wildman–Crippen MR) is 81.5 cm³/mol. The van der Waals surface area contributed by atoms with Crippen molar-refractivity contribution < 1.29 is 33.9 Å². The molecular formula is C12H20N6O7. The molecule has 0 aliphatic rings. The Morgan fingerprint density at radius 1 is 0.840 bits per heavy atom. The summed E-state index contributed by atoms with van der Waals surface area (Å²) in [5, 5.41) is 16.9. The lowest BCUT2D eigenvalue weighted by Crippen LogP contribution is -2.52. The molecule has 0 fully saturated rings. The molecule has 0 heterocycles. The fraction of sp³-hybridized carbons (Fsp3) is 0.500. The average Bonchev–Trinajstić information content (AvgIpc) is 2.54. The summed E-state index contributed by atoms with van der Waals surface area (Å²) in [7, 11) is 0. The summed E-state index contributed by atoms with van der Waals surface area (Å²) < 4.78 is 0. The van der Waals surface area contributed by atoms with Crippen LogP contribution in [0.25, 0.3) is 0 Å². The van der Waals surface area contributed by atoms with Gasteiger partial charge in [-0.2, -0.15) is 0 Å². The van der Waals surface area contributed by atoms with E-state index in [2.05, 4.69) is 16.0 Å². The molecule has 9 N–H and O–H groups in total. The number of rotatable bonds is 11. The number of hydrogen-bond acceptors (Lipinski definition) is 7. The minimum Gasteiger partial charge on any atom is -0.480 e. The molecule has 0 saturated carbocycles. The normalized spacial score (nSPS) is 10.9. The van der Waals surface area contributed by atoms with Gasteiger partial charge < -0.3 is 37.8 Å². The van der Waals surface area contributed by atoms with Crippen LogP contribution in [0.1, 0.15) is 6.42 Å². The van der Waals surface area contributed by atoms with Crippen molar-refractivity contribution in [3.8, 4) is 0 Å². The van der Waals surface area contributed by atoms with Gasteiger partial charge in [0, 0.05) is 0 Å². The molecule has 25 heavy (non-hydrogen) atoms. The second kappa shape index (κ2) is 11.3. The smallest absolute Gasteiger partial charge is 0.322 e. The molecule has 140 valence electrons. The Labute approximate surface area is 141 Å². The molecule has 13 heteroatoms. The van der Waals surface area contributed by atoms with Gasteiger partial charge in [0.1, 0.15) is 12.6 Å². The number of primary amides is 1. The largest absolute Gasteiger partial charge is 0.480 e. The number of carboxylic acid groups (broad SMARTS) is 1. The Balaban J connectivity index is 4.53. The Morgan fingerprint density at radius 3 is 1.92 bits per heavy atom. The quantitative estimate of drug-likeness (QED) is 0.188. The fourth-order valence-electron chi connectivity index (χ4n) is 1.43. The average molecular weight is 360 g/mol. The number of aliphatic carboxylic acids is 1. The van der Waals surface area contributed by atoms with Gasteiger partial charge >= 0.3 is 5.97 Å². The van der Waals surface area contributed by atoms with E-state index >= 15 is 0 Å². The van der Waals surface area contributed by atoms with Crippen LogP contribution in [0.3, 0.4) is 0 Å². The van der Waals surface area contributed by atoms with Crippen molar-refractivity contribution in [2.45, 2.75) is 12.5 Å². The first-order chi connectivity index (χ1) is 11.6. The first-order valence-electron chi connectivity index (χ1n) is 6.96. The summed E-state index contributed by atoms with van der Waals surface area (Å²) in [6.07, 6.45) is -0.543. The first kappa shape index (κ1) is 21.8. The van der Waals surface area contributed by atoms with E-state index in [1.165, 1.54) is 0 Å². The fourth-order valence-corrected chi connectivity index (χ4v) is 1.43. The van der Waals surface area contributed by atoms with Crippen molar-refractivity contribution in [2.75, 3.05) is 26.2 Å². The summed E-state index contributed by atoms with van der Waals surface area (Å²) in [4.78, 5) is 67.1. The van der Waals surface area contributed by atoms with Crippen molar-refractivity contribution >= 4 is 35.5 Å². The number of nitrogens with two attached hydrogens (primary N) is 2. The Hall–Kier alpha value is -3.22. The highest BCUT2D eigenvalue weighted by atomic mass is 16.4. The first-order valence-corrected chi connectivity index (χ1v) is 6.96. The third-order valence-electron chi connectivity index (χ3n) is 2.55. The van der Waals surface area contributed by atoms with Gasteiger partial charge in [0.2, 0.25) is 29.5 Å². The molecule has 0 bridgehead atoms. The van der Waals surface area contributed by atoms with E-state index in [0.29, 0.717) is 0 Å². The standard InChI is InChI=1S/C12H20N6O7/c13-2-8(20)15-4-10(22)18-6(1-7(14)19)12(25)17-3-9(21)16-5-11(23)24/h6H,1-5,13H2,(H2,14,19)(H,15,20)(H,16,21)(H,17,25)(H,18,22)(H,23,24)/t6-/m0/s1. The van der Waals surface area contributed by atoms with Gasteiger partial charge in [0.25, 0.3) is 0 Å². The molecule has 0 aliphatic heterocycles. The highest BCUT2D eigenvalue weighted by molar-refractivity contribution is 5.94. The number of amides is 5. The van der Waals surface area contributed by atoms with Gasteiger partial charge in [-0.1, -0.05) is 0 Å². The molecule has 0 saturated heterocycles. The maximum absolute atomic E-state index is 11.9. The molecular weight excluding hydrogens is 340 g/mol. The molecule has 0 unspecified atom stereocenters. The molecule has 13 nitrogen and oxygen atoms in total. The number of carbonyl (C=O) groups is 6. The van der Waals surface area contributed by atoms with E-state index in [1.54, 1.807) is 0 Å². The lowest BCUT2D eigenvalue weighted by molar-refractivity contribution is -0.138. The van der Waals surface area contributed by atoms with E-state index in [1.807, 2.05) is 5.32 Å². The third-order valence-corrected chi connectivity index (χ3v) is 2.55. The van der Waals surface area contributed by atoms with Crippen molar-refractivity contribution in [3.05, 3.63) is 0 Å². The maximum atomic E-state index is 11.9. The van der Waals surface area contributed by atoms with Crippen molar-refractivity contribution in [1.29, 1.82) is 0 Å². The third kappa shape index (κ3) is 11.0. The zero-order valence-corrected chi connectivity index (χ0v) is 13.2. The van der Waals surface area contributed by atoms with Gasteiger partial charge in [-0.15, -0.1) is 0 Å². The molecule has 1 atom stereocenters. The van der Waals surface area contributed by atoms with Crippen LogP contribution in [0, 0.1) is 0 Å². The van der Waals surface area contributed by atoms with Crippen LogP contribution in [0.15, 0.2) is 0 Å². The summed E-state index contributed by atoms with van der Waals surface area (Å²) >= 11 is 0. The van der Waals surface area contributed by atoms with Crippen LogP contribution in [-0.4, -0.2) is 72.8 Å². The Bertz CT molecular complexity index is 550. The number of carboxylic acids is 1. The van der Waals surface area contributed by atoms with E-state index in [9.17, 15) is 28.8 Å². The maximum Gasteiger partial charge on any atom is 0.322 e. The number of hydrogen-bond donors (Lipinski definition) is 7. The lowest BCUT2D eigenvalue weighted by Gasteiger charge is -2.17. The summed E-state index contributed by atoms with van der Waals surface area (Å²) in [5.41, 5.74) is 10.0. The summed E-state index contributed by atoms with van der Waals surface area (Å²) in [6.45, 7) is -2.00. The van der Waals surface area contributed by atoms with Crippen LogP contribution in [0.2, 0.25) is 0 Å². The van der Waals surface area contributed by atoms with Gasteiger partial charge in [-0.3, -0.25) is 28.8 Å². The van der Waals surface area contributed by atoms with E-state index in [4.69, 9.17) is 16.6 Å². The van der Waals surface area contributed by atoms with Gasteiger partial charge in [-0.05, 0) is 0 Å². The lowest BCUT2D eigenvalue weighted by atomic mass is 10.2. The molecule has 0 aromatic carbocycles. The Kier molecular flexibility index (Phi) is 9.88. The second-order valence-electron chi connectivity index (χ2n) is 4.66.